The van der Waals surface area contributed by atoms with Crippen molar-refractivity contribution in [1.29, 1.82) is 0 Å². The van der Waals surface area contributed by atoms with Gasteiger partial charge >= 0.3 is 18.9 Å². The molecule has 0 aliphatic heterocycles. The van der Waals surface area contributed by atoms with E-state index in [1.54, 1.807) is 20.7 Å². The monoisotopic (exact) mass is 544 g/mol. The van der Waals surface area contributed by atoms with Crippen molar-refractivity contribution in [2.24, 2.45) is 0 Å². The summed E-state index contributed by atoms with van der Waals surface area (Å²) in [7, 11) is -5.36. The van der Waals surface area contributed by atoms with E-state index in [0.717, 1.165) is 0 Å². The standard InChI is InChI=1S/C35H33Si3.Li/c1-36(37(2,30-20-6-4-7-21-30)34-26-14-18-28-16-10-12-24-32(28)34)38(3,31-22-8-5-9-23-31)35-27-15-19-29-17-11-13-25-33(29)35;/h4-27H,1-3H3;/q-1;+1. The Bertz CT molecular complexity index is 1580. The third kappa shape index (κ3) is 4.63. The molecule has 0 aliphatic rings. The van der Waals surface area contributed by atoms with E-state index in [1.165, 1.54) is 21.5 Å². The van der Waals surface area contributed by atoms with Crippen LogP contribution in [0.15, 0.2) is 146 Å². The predicted molar refractivity (Wildman–Crippen MR) is 174 cm³/mol. The predicted octanol–water partition coefficient (Wildman–Crippen LogP) is 3.36. The third-order valence-corrected chi connectivity index (χ3v) is 39.2. The van der Waals surface area contributed by atoms with Crippen LogP contribution in [-0.4, -0.2) is 23.0 Å². The van der Waals surface area contributed by atoms with Crippen LogP contribution in [0, 0.1) is 0 Å². The van der Waals surface area contributed by atoms with Gasteiger partial charge in [0, 0.05) is 0 Å². The van der Waals surface area contributed by atoms with Crippen LogP contribution in [0.25, 0.3) is 21.5 Å². The van der Waals surface area contributed by atoms with Gasteiger partial charge in [0.15, 0.2) is 0 Å². The Hall–Kier alpha value is -2.91. The summed E-state index contributed by atoms with van der Waals surface area (Å²) in [5.74, 6) is 0. The second kappa shape index (κ2) is 11.3. The zero-order valence-electron chi connectivity index (χ0n) is 23.4. The van der Waals surface area contributed by atoms with Crippen LogP contribution in [0.1, 0.15) is 0 Å². The van der Waals surface area contributed by atoms with Gasteiger partial charge < -0.3 is 0 Å². The minimum Gasteiger partial charge on any atom is -0.235 e. The van der Waals surface area contributed by atoms with Crippen molar-refractivity contribution in [2.75, 3.05) is 0 Å². The second-order valence-electron chi connectivity index (χ2n) is 10.7. The number of hydrogen-bond donors (Lipinski definition) is 0. The van der Waals surface area contributed by atoms with Crippen molar-refractivity contribution in [3.63, 3.8) is 0 Å². The van der Waals surface area contributed by atoms with Gasteiger partial charge in [0.1, 0.15) is 0 Å². The van der Waals surface area contributed by atoms with Crippen LogP contribution >= 0.6 is 0 Å². The van der Waals surface area contributed by atoms with Crippen LogP contribution < -0.4 is 39.6 Å². The smallest absolute Gasteiger partial charge is 0.235 e. The molecule has 186 valence electrons. The fourth-order valence-electron chi connectivity index (χ4n) is 6.51. The van der Waals surface area contributed by atoms with E-state index < -0.39 is 23.0 Å². The van der Waals surface area contributed by atoms with Gasteiger partial charge in [-0.1, -0.05) is 179 Å². The zero-order valence-corrected chi connectivity index (χ0v) is 26.4. The van der Waals surface area contributed by atoms with Crippen LogP contribution in [0.5, 0.6) is 0 Å². The Morgan fingerprint density at radius 2 is 0.744 bits per heavy atom. The summed E-state index contributed by atoms with van der Waals surface area (Å²) in [6.07, 6.45) is 0. The molecule has 0 spiro atoms. The summed E-state index contributed by atoms with van der Waals surface area (Å²) in [6.45, 7) is 8.04. The van der Waals surface area contributed by atoms with Crippen LogP contribution in [0.3, 0.4) is 0 Å². The fourth-order valence-corrected chi connectivity index (χ4v) is 38.3. The molecule has 0 nitrogen and oxygen atoms in total. The van der Waals surface area contributed by atoms with Crippen molar-refractivity contribution in [2.45, 2.75) is 19.6 Å². The van der Waals surface area contributed by atoms with E-state index in [2.05, 4.69) is 165 Å². The molecule has 0 radical (unpaired) electrons. The van der Waals surface area contributed by atoms with Crippen LogP contribution in [-0.2, 0) is 0 Å². The summed E-state index contributed by atoms with van der Waals surface area (Å²) in [4.78, 5) is 0. The van der Waals surface area contributed by atoms with Gasteiger partial charge in [-0.25, -0.2) is 7.83 Å². The Labute approximate surface area is 248 Å². The van der Waals surface area contributed by atoms with Crippen molar-refractivity contribution in [1.82, 2.24) is 0 Å². The summed E-state index contributed by atoms with van der Waals surface area (Å²) < 4.78 is 0. The van der Waals surface area contributed by atoms with Crippen molar-refractivity contribution < 1.29 is 18.9 Å². The van der Waals surface area contributed by atoms with Crippen LogP contribution in [0.4, 0.5) is 0 Å². The average molecular weight is 545 g/mol. The zero-order chi connectivity index (χ0) is 26.2. The quantitative estimate of drug-likeness (QED) is 0.282. The Balaban J connectivity index is 0.00000308. The third-order valence-electron chi connectivity index (χ3n) is 8.86. The van der Waals surface area contributed by atoms with Crippen molar-refractivity contribution in [3.05, 3.63) is 146 Å². The second-order valence-corrected chi connectivity index (χ2v) is 30.6. The maximum atomic E-state index is 2.69. The van der Waals surface area contributed by atoms with Crippen molar-refractivity contribution in [3.8, 4) is 0 Å². The molecule has 4 heteroatoms. The fraction of sp³-hybridized carbons (Fsp3) is 0.0857. The number of rotatable bonds is 6. The molecule has 0 bridgehead atoms. The first-order chi connectivity index (χ1) is 18.5. The molecule has 0 amide bonds. The Kier molecular flexibility index (Phi) is 8.01. The molecule has 6 aromatic carbocycles. The molecular weight excluding hydrogens is 512 g/mol. The minimum atomic E-state index is -2.19. The maximum Gasteiger partial charge on any atom is 1.00 e. The van der Waals surface area contributed by atoms with Gasteiger partial charge in [-0.05, 0) is 36.7 Å². The first-order valence-corrected chi connectivity index (χ1v) is 22.5. The molecule has 2 unspecified atom stereocenters. The van der Waals surface area contributed by atoms with Gasteiger partial charge in [-0.2, -0.15) is 6.55 Å². The van der Waals surface area contributed by atoms with E-state index >= 15 is 0 Å². The molecule has 0 aromatic heterocycles. The Morgan fingerprint density at radius 3 is 1.15 bits per heavy atom. The average Bonchev–Trinajstić information content (AvgIpc) is 3.00. The molecule has 6 aromatic rings. The van der Waals surface area contributed by atoms with E-state index in [9.17, 15) is 0 Å². The van der Waals surface area contributed by atoms with E-state index in [0.29, 0.717) is 0 Å². The summed E-state index contributed by atoms with van der Waals surface area (Å²) in [6, 6.07) is 55.1. The molecule has 0 saturated carbocycles. The first-order valence-electron chi connectivity index (χ1n) is 13.5. The minimum absolute atomic E-state index is 0. The van der Waals surface area contributed by atoms with Gasteiger partial charge in [0.2, 0.25) is 0 Å². The number of fused-ring (bicyclic) bond motifs is 2. The normalized spacial score (nSPS) is 14.5. The van der Waals surface area contributed by atoms with E-state index in [4.69, 9.17) is 0 Å². The molecular formula is C35H33LiSi3. The first kappa shape index (κ1) is 27.6. The molecule has 39 heavy (non-hydrogen) atoms. The SMILES string of the molecule is C[Si-]([Si](C)(c1ccccc1)c1cccc2ccccc12)[Si](C)(c1ccccc1)c1cccc2ccccc12.[Li+]. The van der Waals surface area contributed by atoms with Gasteiger partial charge in [-0.3, -0.25) is 0 Å². The molecule has 0 heterocycles. The van der Waals surface area contributed by atoms with E-state index in [1.807, 2.05) is 0 Å². The summed E-state index contributed by atoms with van der Waals surface area (Å²) in [5.41, 5.74) is 0. The Morgan fingerprint density at radius 1 is 0.410 bits per heavy atom. The van der Waals surface area contributed by atoms with E-state index in [-0.39, 0.29) is 18.9 Å². The molecule has 2 atom stereocenters. The largest absolute Gasteiger partial charge is 1.00 e. The molecule has 0 saturated heterocycles. The molecule has 0 aliphatic carbocycles. The van der Waals surface area contributed by atoms with Gasteiger partial charge in [-0.15, -0.1) is 0 Å². The van der Waals surface area contributed by atoms with Crippen LogP contribution in [0.2, 0.25) is 19.6 Å². The number of benzene rings is 6. The van der Waals surface area contributed by atoms with Gasteiger partial charge in [0.25, 0.3) is 0 Å². The summed E-state index contributed by atoms with van der Waals surface area (Å²) >= 11 is 0. The van der Waals surface area contributed by atoms with Gasteiger partial charge in [0.05, 0.1) is 0 Å². The number of hydrogen-bond acceptors (Lipinski definition) is 0. The summed E-state index contributed by atoms with van der Waals surface area (Å²) in [5, 5.41) is 11.9. The molecule has 6 rings (SSSR count). The van der Waals surface area contributed by atoms with Crippen molar-refractivity contribution >= 4 is 65.3 Å². The molecule has 0 fully saturated rings. The maximum absolute atomic E-state index is 2.69. The molecule has 0 N–H and O–H groups in total. The topological polar surface area (TPSA) is 0 Å².